The fourth-order valence-electron chi connectivity index (χ4n) is 2.50. The molecule has 0 aromatic rings. The summed E-state index contributed by atoms with van der Waals surface area (Å²) < 4.78 is 4.60. The molecule has 0 aromatic heterocycles. The average molecular weight is 284 g/mol. The number of carbonyl (C=O) groups excluding carboxylic acids is 2. The maximum absolute atomic E-state index is 12.2. The monoisotopic (exact) mass is 284 g/mol. The largest absolute Gasteiger partial charge is 0.469 e. The van der Waals surface area contributed by atoms with E-state index in [1.54, 1.807) is 0 Å². The lowest BCUT2D eigenvalue weighted by atomic mass is 10.1. The zero-order chi connectivity index (χ0) is 14.8. The Balaban J connectivity index is 2.23. The van der Waals surface area contributed by atoms with E-state index in [1.807, 2.05) is 16.8 Å². The molecule has 0 saturated carbocycles. The van der Waals surface area contributed by atoms with Gasteiger partial charge in [0.05, 0.1) is 13.7 Å². The third-order valence-electron chi connectivity index (χ3n) is 3.76. The van der Waals surface area contributed by atoms with E-state index in [0.29, 0.717) is 13.0 Å². The lowest BCUT2D eigenvalue weighted by molar-refractivity contribution is -0.140. The average Bonchev–Trinajstić information content (AvgIpc) is 2.37. The van der Waals surface area contributed by atoms with Gasteiger partial charge in [-0.25, -0.2) is 0 Å². The highest BCUT2D eigenvalue weighted by molar-refractivity contribution is 5.78. The van der Waals surface area contributed by atoms with Crippen LogP contribution in [0.5, 0.6) is 0 Å². The molecule has 1 aliphatic heterocycles. The van der Waals surface area contributed by atoms with Crippen LogP contribution < -0.4 is 0 Å². The maximum Gasteiger partial charge on any atom is 0.305 e. The molecular formula is C15H28N2O3. The molecule has 0 radical (unpaired) electrons. The quantitative estimate of drug-likeness (QED) is 0.696. The molecule has 1 aliphatic rings. The number of rotatable bonds is 6. The van der Waals surface area contributed by atoms with Gasteiger partial charge in [-0.2, -0.15) is 0 Å². The summed E-state index contributed by atoms with van der Waals surface area (Å²) in [6, 6.07) is 0. The Morgan fingerprint density at radius 1 is 1.10 bits per heavy atom. The molecule has 1 amide bonds. The van der Waals surface area contributed by atoms with Gasteiger partial charge in [-0.15, -0.1) is 0 Å². The van der Waals surface area contributed by atoms with Gasteiger partial charge in [0.15, 0.2) is 0 Å². The first-order valence-electron chi connectivity index (χ1n) is 7.66. The lowest BCUT2D eigenvalue weighted by Gasteiger charge is -2.27. The van der Waals surface area contributed by atoms with Crippen molar-refractivity contribution < 1.29 is 14.3 Å². The summed E-state index contributed by atoms with van der Waals surface area (Å²) in [4.78, 5) is 27.2. The molecule has 0 bridgehead atoms. The number of ether oxygens (including phenoxy) is 1. The van der Waals surface area contributed by atoms with Gasteiger partial charge in [0.25, 0.3) is 0 Å². The number of esters is 1. The zero-order valence-corrected chi connectivity index (χ0v) is 12.9. The summed E-state index contributed by atoms with van der Waals surface area (Å²) in [6.45, 7) is 2.99. The molecular weight excluding hydrogens is 256 g/mol. The Morgan fingerprint density at radius 3 is 2.30 bits per heavy atom. The summed E-state index contributed by atoms with van der Waals surface area (Å²) in [5, 5.41) is 0. The first-order valence-corrected chi connectivity index (χ1v) is 7.66. The topological polar surface area (TPSA) is 49.9 Å². The molecule has 0 unspecified atom stereocenters. The number of likely N-dealkylation sites (N-methyl/N-ethyl adjacent to an activating group) is 1. The van der Waals surface area contributed by atoms with Crippen LogP contribution in [0.1, 0.15) is 44.9 Å². The Bertz CT molecular complexity index is 299. The van der Waals surface area contributed by atoms with Gasteiger partial charge in [0.2, 0.25) is 5.91 Å². The molecule has 20 heavy (non-hydrogen) atoms. The van der Waals surface area contributed by atoms with Gasteiger partial charge >= 0.3 is 5.97 Å². The number of methoxy groups -OCH3 is 1. The van der Waals surface area contributed by atoms with Crippen LogP contribution in [0.25, 0.3) is 0 Å². The fraction of sp³-hybridized carbons (Fsp3) is 0.867. The van der Waals surface area contributed by atoms with Crippen molar-refractivity contribution in [3.8, 4) is 0 Å². The van der Waals surface area contributed by atoms with Gasteiger partial charge in [-0.3, -0.25) is 14.5 Å². The van der Waals surface area contributed by atoms with Crippen LogP contribution in [0.2, 0.25) is 0 Å². The van der Waals surface area contributed by atoms with Gasteiger partial charge in [0, 0.05) is 19.5 Å². The van der Waals surface area contributed by atoms with E-state index in [9.17, 15) is 9.59 Å². The summed E-state index contributed by atoms with van der Waals surface area (Å²) in [7, 11) is 3.33. The fourth-order valence-corrected chi connectivity index (χ4v) is 2.50. The Kier molecular flexibility index (Phi) is 8.26. The molecule has 0 spiro atoms. The van der Waals surface area contributed by atoms with Gasteiger partial charge < -0.3 is 9.64 Å². The molecule has 0 N–H and O–H groups in total. The molecule has 1 rings (SSSR count). The van der Waals surface area contributed by atoms with E-state index >= 15 is 0 Å². The Hall–Kier alpha value is -1.10. The molecule has 116 valence electrons. The van der Waals surface area contributed by atoms with Crippen molar-refractivity contribution in [1.82, 2.24) is 9.80 Å². The van der Waals surface area contributed by atoms with E-state index in [0.717, 1.165) is 38.9 Å². The summed E-state index contributed by atoms with van der Waals surface area (Å²) >= 11 is 0. The Labute approximate surface area is 122 Å². The normalized spacial score (nSPS) is 16.6. The van der Waals surface area contributed by atoms with Gasteiger partial charge in [0.1, 0.15) is 0 Å². The third kappa shape index (κ3) is 6.89. The number of nitrogens with zero attached hydrogens (tertiary/aromatic N) is 2. The van der Waals surface area contributed by atoms with Crippen LogP contribution in [-0.4, -0.2) is 62.0 Å². The molecule has 0 atom stereocenters. The van der Waals surface area contributed by atoms with Crippen LogP contribution >= 0.6 is 0 Å². The van der Waals surface area contributed by atoms with Gasteiger partial charge in [-0.05, 0) is 32.9 Å². The lowest BCUT2D eigenvalue weighted by Crippen LogP contribution is -2.40. The molecule has 5 nitrogen and oxygen atoms in total. The highest BCUT2D eigenvalue weighted by atomic mass is 16.5. The predicted octanol–water partition coefficient (Wildman–Crippen LogP) is 1.66. The van der Waals surface area contributed by atoms with E-state index in [-0.39, 0.29) is 11.9 Å². The summed E-state index contributed by atoms with van der Waals surface area (Å²) in [6.07, 6.45) is 7.16. The van der Waals surface area contributed by atoms with Crippen molar-refractivity contribution in [1.29, 1.82) is 0 Å². The molecule has 0 aromatic carbocycles. The van der Waals surface area contributed by atoms with Crippen molar-refractivity contribution in [3.63, 3.8) is 0 Å². The summed E-state index contributed by atoms with van der Waals surface area (Å²) in [5.74, 6) is 0.0287. The zero-order valence-electron chi connectivity index (χ0n) is 12.9. The van der Waals surface area contributed by atoms with E-state index < -0.39 is 0 Å². The van der Waals surface area contributed by atoms with Crippen molar-refractivity contribution >= 4 is 11.9 Å². The highest BCUT2D eigenvalue weighted by Crippen LogP contribution is 2.10. The number of hydrogen-bond acceptors (Lipinski definition) is 4. The molecule has 1 saturated heterocycles. The van der Waals surface area contributed by atoms with Crippen molar-refractivity contribution in [2.75, 3.05) is 40.3 Å². The molecule has 5 heteroatoms. The number of likely N-dealkylation sites (tertiary alicyclic amines) is 1. The van der Waals surface area contributed by atoms with Crippen molar-refractivity contribution in [3.05, 3.63) is 0 Å². The predicted molar refractivity (Wildman–Crippen MR) is 78.4 cm³/mol. The van der Waals surface area contributed by atoms with Crippen molar-refractivity contribution in [2.24, 2.45) is 0 Å². The summed E-state index contributed by atoms with van der Waals surface area (Å²) in [5.41, 5.74) is 0. The maximum atomic E-state index is 12.2. The second-order valence-electron chi connectivity index (χ2n) is 5.57. The van der Waals surface area contributed by atoms with Crippen LogP contribution in [0.3, 0.4) is 0 Å². The minimum atomic E-state index is -0.187. The second kappa shape index (κ2) is 9.75. The van der Waals surface area contributed by atoms with Crippen LogP contribution in [0.15, 0.2) is 0 Å². The number of carbonyl (C=O) groups is 2. The third-order valence-corrected chi connectivity index (χ3v) is 3.76. The van der Waals surface area contributed by atoms with Crippen molar-refractivity contribution in [2.45, 2.75) is 44.9 Å². The minimum Gasteiger partial charge on any atom is -0.469 e. The Morgan fingerprint density at radius 2 is 1.70 bits per heavy atom. The molecule has 1 fully saturated rings. The minimum absolute atomic E-state index is 0.187. The standard InChI is InChI=1S/C15H28N2O3/c1-16(10-8-9-15(19)20-2)13-14(18)17-11-6-4-3-5-7-12-17/h3-13H2,1-2H3. The molecule has 1 heterocycles. The number of hydrogen-bond donors (Lipinski definition) is 0. The first-order chi connectivity index (χ1) is 9.63. The smallest absolute Gasteiger partial charge is 0.305 e. The number of amides is 1. The highest BCUT2D eigenvalue weighted by Gasteiger charge is 2.16. The SMILES string of the molecule is COC(=O)CCCN(C)CC(=O)N1CCCCCCC1. The van der Waals surface area contributed by atoms with Crippen LogP contribution in [0.4, 0.5) is 0 Å². The van der Waals surface area contributed by atoms with E-state index in [1.165, 1.54) is 26.4 Å². The first kappa shape index (κ1) is 17.0. The van der Waals surface area contributed by atoms with E-state index in [2.05, 4.69) is 4.74 Å². The van der Waals surface area contributed by atoms with Crippen LogP contribution in [-0.2, 0) is 14.3 Å². The van der Waals surface area contributed by atoms with E-state index in [4.69, 9.17) is 0 Å². The van der Waals surface area contributed by atoms with Gasteiger partial charge in [-0.1, -0.05) is 19.3 Å². The van der Waals surface area contributed by atoms with Crippen LogP contribution in [0, 0.1) is 0 Å². The second-order valence-corrected chi connectivity index (χ2v) is 5.57. The molecule has 0 aliphatic carbocycles.